The summed E-state index contributed by atoms with van der Waals surface area (Å²) in [6.07, 6.45) is 4.66. The third-order valence-electron chi connectivity index (χ3n) is 5.02. The van der Waals surface area contributed by atoms with E-state index in [1.54, 1.807) is 37.4 Å². The molecule has 0 saturated carbocycles. The zero-order valence-corrected chi connectivity index (χ0v) is 19.5. The van der Waals surface area contributed by atoms with Gasteiger partial charge >= 0.3 is 0 Å². The lowest BCUT2D eigenvalue weighted by Crippen LogP contribution is -2.47. The number of rotatable bonds is 9. The van der Waals surface area contributed by atoms with Crippen LogP contribution in [0.5, 0.6) is 5.75 Å². The summed E-state index contributed by atoms with van der Waals surface area (Å²) in [7, 11) is -3.70. The summed E-state index contributed by atoms with van der Waals surface area (Å²) in [5.74, 6) is 1.06. The second-order valence-corrected chi connectivity index (χ2v) is 9.21. The van der Waals surface area contributed by atoms with E-state index in [9.17, 15) is 13.2 Å². The van der Waals surface area contributed by atoms with Crippen LogP contribution in [0.3, 0.4) is 0 Å². The lowest BCUT2D eigenvalue weighted by atomic mass is 10.1. The van der Waals surface area contributed by atoms with E-state index in [1.165, 1.54) is 0 Å². The van der Waals surface area contributed by atoms with Crippen molar-refractivity contribution in [1.82, 2.24) is 14.9 Å². The van der Waals surface area contributed by atoms with Gasteiger partial charge in [-0.25, -0.2) is 13.4 Å². The maximum Gasteiger partial charge on any atom is 0.243 e. The minimum Gasteiger partial charge on any atom is -0.494 e. The van der Waals surface area contributed by atoms with Crippen LogP contribution in [0.25, 0.3) is 5.69 Å². The molecule has 2 aromatic carbocycles. The zero-order chi connectivity index (χ0) is 23.3. The molecule has 1 atom stereocenters. The third-order valence-corrected chi connectivity index (χ3v) is 6.26. The molecule has 9 heteroatoms. The van der Waals surface area contributed by atoms with Gasteiger partial charge in [0.15, 0.2) is 0 Å². The minimum atomic E-state index is -3.70. The average molecular weight is 457 g/mol. The van der Waals surface area contributed by atoms with Gasteiger partial charge < -0.3 is 14.6 Å². The summed E-state index contributed by atoms with van der Waals surface area (Å²) in [4.78, 5) is 17.2. The molecule has 3 aromatic rings. The molecule has 0 saturated heterocycles. The number of hydrogen-bond acceptors (Lipinski definition) is 5. The summed E-state index contributed by atoms with van der Waals surface area (Å²) in [6.45, 7) is 6.10. The summed E-state index contributed by atoms with van der Waals surface area (Å²) in [6, 6.07) is 13.4. The van der Waals surface area contributed by atoms with Crippen LogP contribution in [0.15, 0.2) is 60.9 Å². The van der Waals surface area contributed by atoms with Crippen molar-refractivity contribution in [3.8, 4) is 11.4 Å². The van der Waals surface area contributed by atoms with E-state index in [0.717, 1.165) is 27.6 Å². The van der Waals surface area contributed by atoms with Crippen molar-refractivity contribution >= 4 is 21.6 Å². The van der Waals surface area contributed by atoms with Gasteiger partial charge in [0.2, 0.25) is 15.9 Å². The molecule has 32 heavy (non-hydrogen) atoms. The molecule has 0 bridgehead atoms. The predicted octanol–water partition coefficient (Wildman–Crippen LogP) is 3.05. The molecule has 1 unspecified atom stereocenters. The van der Waals surface area contributed by atoms with Gasteiger partial charge in [-0.3, -0.25) is 9.10 Å². The molecule has 3 rings (SSSR count). The van der Waals surface area contributed by atoms with Crippen LogP contribution in [-0.2, 0) is 21.4 Å². The Bertz CT molecular complexity index is 1170. The second-order valence-electron chi connectivity index (χ2n) is 7.35. The number of hydrogen-bond donors (Lipinski definition) is 1. The number of sulfonamides is 1. The van der Waals surface area contributed by atoms with Gasteiger partial charge in [0.25, 0.3) is 0 Å². The van der Waals surface area contributed by atoms with Crippen LogP contribution >= 0.6 is 0 Å². The molecular weight excluding hydrogens is 428 g/mol. The van der Waals surface area contributed by atoms with Crippen LogP contribution in [0.4, 0.5) is 5.69 Å². The highest BCUT2D eigenvalue weighted by Crippen LogP contribution is 2.24. The monoisotopic (exact) mass is 456 g/mol. The van der Waals surface area contributed by atoms with Gasteiger partial charge in [-0.05, 0) is 56.7 Å². The highest BCUT2D eigenvalue weighted by Gasteiger charge is 2.29. The van der Waals surface area contributed by atoms with Crippen LogP contribution in [0.2, 0.25) is 0 Å². The number of amides is 1. The molecule has 0 aliphatic carbocycles. The number of nitrogens with zero attached hydrogens (tertiary/aromatic N) is 3. The van der Waals surface area contributed by atoms with E-state index in [4.69, 9.17) is 4.74 Å². The summed E-state index contributed by atoms with van der Waals surface area (Å²) in [5, 5.41) is 2.87. The Morgan fingerprint density at radius 2 is 1.88 bits per heavy atom. The van der Waals surface area contributed by atoms with Gasteiger partial charge in [-0.1, -0.05) is 18.2 Å². The van der Waals surface area contributed by atoms with Gasteiger partial charge in [0, 0.05) is 18.9 Å². The smallest absolute Gasteiger partial charge is 0.243 e. The first-order chi connectivity index (χ1) is 15.2. The molecular formula is C23H28N4O4S. The summed E-state index contributed by atoms with van der Waals surface area (Å²) in [5.41, 5.74) is 2.19. The van der Waals surface area contributed by atoms with Crippen LogP contribution in [0.1, 0.15) is 25.2 Å². The van der Waals surface area contributed by atoms with Crippen molar-refractivity contribution in [2.75, 3.05) is 17.2 Å². The Morgan fingerprint density at radius 1 is 1.19 bits per heavy atom. The Kier molecular flexibility index (Phi) is 7.19. The molecule has 1 N–H and O–H groups in total. The fourth-order valence-electron chi connectivity index (χ4n) is 3.52. The van der Waals surface area contributed by atoms with Crippen LogP contribution in [0, 0.1) is 6.92 Å². The quantitative estimate of drug-likeness (QED) is 0.534. The molecule has 0 aliphatic rings. The van der Waals surface area contributed by atoms with E-state index in [-0.39, 0.29) is 6.54 Å². The molecule has 0 radical (unpaired) electrons. The van der Waals surface area contributed by atoms with Crippen molar-refractivity contribution in [1.29, 1.82) is 0 Å². The summed E-state index contributed by atoms with van der Waals surface area (Å²) >= 11 is 0. The number of anilines is 1. The summed E-state index contributed by atoms with van der Waals surface area (Å²) < 4.78 is 33.5. The van der Waals surface area contributed by atoms with Crippen LogP contribution < -0.4 is 14.4 Å². The first-order valence-electron chi connectivity index (χ1n) is 10.3. The molecule has 1 heterocycles. The van der Waals surface area contributed by atoms with Crippen molar-refractivity contribution in [3.63, 3.8) is 0 Å². The average Bonchev–Trinajstić information content (AvgIpc) is 3.18. The zero-order valence-electron chi connectivity index (χ0n) is 18.6. The standard InChI is InChI=1S/C23H28N4O4S/c1-5-31-21-12-10-20(11-13-21)27(32(4,29)30)17(2)23(28)25-16-19-8-6-7-9-22(19)26-15-14-24-18(26)3/h6-15,17H,5,16H2,1-4H3,(H,25,28). The van der Waals surface area contributed by atoms with Crippen molar-refractivity contribution in [3.05, 3.63) is 72.3 Å². The number of aromatic nitrogens is 2. The first-order valence-corrected chi connectivity index (χ1v) is 12.2. The Balaban J connectivity index is 1.79. The SMILES string of the molecule is CCOc1ccc(N(C(C)C(=O)NCc2ccccc2-n2ccnc2C)S(C)(=O)=O)cc1. The van der Waals surface area contributed by atoms with Crippen molar-refractivity contribution in [2.45, 2.75) is 33.4 Å². The van der Waals surface area contributed by atoms with Crippen LogP contribution in [-0.4, -0.2) is 42.8 Å². The van der Waals surface area contributed by atoms with Crippen molar-refractivity contribution < 1.29 is 17.9 Å². The fraction of sp³-hybridized carbons (Fsp3) is 0.304. The van der Waals surface area contributed by atoms with E-state index >= 15 is 0 Å². The number of imidazole rings is 1. The number of carbonyl (C=O) groups excluding carboxylic acids is 1. The first kappa shape index (κ1) is 23.3. The number of para-hydroxylation sites is 1. The maximum atomic E-state index is 13.0. The van der Waals surface area contributed by atoms with Crippen molar-refractivity contribution in [2.24, 2.45) is 0 Å². The Hall–Kier alpha value is -3.33. The molecule has 170 valence electrons. The highest BCUT2D eigenvalue weighted by atomic mass is 32.2. The molecule has 1 aromatic heterocycles. The highest BCUT2D eigenvalue weighted by molar-refractivity contribution is 7.92. The van der Waals surface area contributed by atoms with E-state index < -0.39 is 22.0 Å². The Morgan fingerprint density at radius 3 is 2.47 bits per heavy atom. The van der Waals surface area contributed by atoms with Gasteiger partial charge in [0.1, 0.15) is 17.6 Å². The predicted molar refractivity (Wildman–Crippen MR) is 125 cm³/mol. The largest absolute Gasteiger partial charge is 0.494 e. The topological polar surface area (TPSA) is 93.5 Å². The molecule has 0 aliphatic heterocycles. The van der Waals surface area contributed by atoms with E-state index in [2.05, 4.69) is 10.3 Å². The number of benzene rings is 2. The van der Waals surface area contributed by atoms with Gasteiger partial charge in [0.05, 0.1) is 24.2 Å². The molecule has 0 spiro atoms. The third kappa shape index (κ3) is 5.28. The molecule has 8 nitrogen and oxygen atoms in total. The van der Waals surface area contributed by atoms with E-state index in [0.29, 0.717) is 18.0 Å². The minimum absolute atomic E-state index is 0.248. The van der Waals surface area contributed by atoms with Gasteiger partial charge in [-0.2, -0.15) is 0 Å². The number of aryl methyl sites for hydroxylation is 1. The second kappa shape index (κ2) is 9.86. The Labute approximate surface area is 188 Å². The normalized spacial score (nSPS) is 12.2. The maximum absolute atomic E-state index is 13.0. The lowest BCUT2D eigenvalue weighted by Gasteiger charge is -2.28. The molecule has 0 fully saturated rings. The van der Waals surface area contributed by atoms with Gasteiger partial charge in [-0.15, -0.1) is 0 Å². The number of carbonyl (C=O) groups is 1. The fourth-order valence-corrected chi connectivity index (χ4v) is 4.70. The van der Waals surface area contributed by atoms with E-state index in [1.807, 2.05) is 48.9 Å². The number of ether oxygens (including phenoxy) is 1. The number of nitrogens with one attached hydrogen (secondary N) is 1. The molecule has 1 amide bonds. The lowest BCUT2D eigenvalue weighted by molar-refractivity contribution is -0.122.